The number of imidazole rings is 1. The molecule has 156 valence electrons. The monoisotopic (exact) mass is 442 g/mol. The number of fused-ring (bicyclic) bond motifs is 1. The number of halogens is 2. The zero-order valence-corrected chi connectivity index (χ0v) is 16.3. The molecule has 0 aliphatic rings. The molecule has 0 spiro atoms. The van der Waals surface area contributed by atoms with Crippen molar-refractivity contribution in [3.8, 4) is 23.1 Å². The van der Waals surface area contributed by atoms with Gasteiger partial charge in [-0.2, -0.15) is 18.8 Å². The number of nitriles is 1. The summed E-state index contributed by atoms with van der Waals surface area (Å²) in [7, 11) is -4.16. The van der Waals surface area contributed by atoms with Crippen LogP contribution in [0.3, 0.4) is 0 Å². The quantitative estimate of drug-likeness (QED) is 0.500. The molecule has 0 amide bonds. The molecule has 0 unspecified atom stereocenters. The van der Waals surface area contributed by atoms with E-state index in [9.17, 15) is 22.5 Å². The molecule has 0 saturated heterocycles. The fourth-order valence-corrected chi connectivity index (χ4v) is 3.31. The van der Waals surface area contributed by atoms with Gasteiger partial charge >= 0.3 is 10.3 Å². The largest absolute Gasteiger partial charge is 0.380 e. The number of hydrogen-bond donors (Lipinski definition) is 1. The molecule has 0 saturated carbocycles. The Hall–Kier alpha value is -3.95. The number of hydrogen-bond acceptors (Lipinski definition) is 7. The van der Waals surface area contributed by atoms with Crippen molar-refractivity contribution in [3.63, 3.8) is 0 Å². The van der Waals surface area contributed by atoms with Crippen molar-refractivity contribution >= 4 is 21.3 Å². The van der Waals surface area contributed by atoms with Gasteiger partial charge in [-0.1, -0.05) is 0 Å². The van der Waals surface area contributed by atoms with Crippen LogP contribution in [0.15, 0.2) is 48.9 Å². The Kier molecular flexibility index (Phi) is 5.05. The lowest BCUT2D eigenvalue weighted by molar-refractivity contribution is 0.488. The standard InChI is InChI=1S/C19H12F2N6O3S/c20-14-5-16-17(6-15(14)21)27(10-25-16)9-18-24-8-12(7-22)19(26-18)11-1-3-13(4-2-11)30-31(23,28)29/h1-6,8,10H,9H2,(H2,23,28,29). The SMILES string of the molecule is N#Cc1cnc(Cn2cnc3cc(F)c(F)cc32)nc1-c1ccc(OS(N)(=O)=O)cc1. The minimum absolute atomic E-state index is 0.00168. The summed E-state index contributed by atoms with van der Waals surface area (Å²) < 4.78 is 55.2. The summed E-state index contributed by atoms with van der Waals surface area (Å²) in [5, 5.41) is 14.2. The predicted molar refractivity (Wildman–Crippen MR) is 105 cm³/mol. The minimum atomic E-state index is -4.16. The van der Waals surface area contributed by atoms with Crippen LogP contribution in [-0.2, 0) is 16.8 Å². The highest BCUT2D eigenvalue weighted by Crippen LogP contribution is 2.25. The van der Waals surface area contributed by atoms with Crippen molar-refractivity contribution in [2.24, 2.45) is 5.14 Å². The van der Waals surface area contributed by atoms with E-state index >= 15 is 0 Å². The molecule has 2 heterocycles. The molecular weight excluding hydrogens is 430 g/mol. The Morgan fingerprint density at radius 1 is 1.13 bits per heavy atom. The summed E-state index contributed by atoms with van der Waals surface area (Å²) in [5.41, 5.74) is 1.63. The summed E-state index contributed by atoms with van der Waals surface area (Å²) in [5.74, 6) is -1.71. The van der Waals surface area contributed by atoms with Crippen LogP contribution < -0.4 is 9.32 Å². The molecular formula is C19H12F2N6O3S. The van der Waals surface area contributed by atoms with Crippen molar-refractivity contribution in [2.75, 3.05) is 0 Å². The van der Waals surface area contributed by atoms with Gasteiger partial charge in [-0.3, -0.25) is 0 Å². The normalized spacial score (nSPS) is 11.4. The summed E-state index contributed by atoms with van der Waals surface area (Å²) in [6, 6.07) is 9.78. The van der Waals surface area contributed by atoms with E-state index in [1.54, 1.807) is 4.57 Å². The first-order valence-corrected chi connectivity index (χ1v) is 10.1. The Morgan fingerprint density at radius 3 is 2.52 bits per heavy atom. The Labute approximate surface area is 174 Å². The second kappa shape index (κ2) is 7.71. The van der Waals surface area contributed by atoms with E-state index in [2.05, 4.69) is 19.1 Å². The van der Waals surface area contributed by atoms with Crippen LogP contribution in [0.25, 0.3) is 22.3 Å². The third-order valence-electron chi connectivity index (χ3n) is 4.27. The average Bonchev–Trinajstić information content (AvgIpc) is 3.09. The van der Waals surface area contributed by atoms with Crippen molar-refractivity contribution in [1.82, 2.24) is 19.5 Å². The predicted octanol–water partition coefficient (Wildman–Crippen LogP) is 2.27. The molecule has 12 heteroatoms. The summed E-state index contributed by atoms with van der Waals surface area (Å²) in [4.78, 5) is 12.6. The molecule has 2 aromatic heterocycles. The smallest absolute Gasteiger partial charge is 0.371 e. The number of benzene rings is 2. The van der Waals surface area contributed by atoms with E-state index in [0.29, 0.717) is 22.6 Å². The van der Waals surface area contributed by atoms with Crippen LogP contribution in [0.1, 0.15) is 11.4 Å². The van der Waals surface area contributed by atoms with Gasteiger partial charge in [-0.25, -0.2) is 23.7 Å². The van der Waals surface area contributed by atoms with Gasteiger partial charge in [0.25, 0.3) is 0 Å². The number of nitrogens with zero attached hydrogens (tertiary/aromatic N) is 5. The molecule has 4 aromatic rings. The highest BCUT2D eigenvalue weighted by molar-refractivity contribution is 7.84. The lowest BCUT2D eigenvalue weighted by Gasteiger charge is -2.09. The van der Waals surface area contributed by atoms with Crippen LogP contribution in [0.2, 0.25) is 0 Å². The lowest BCUT2D eigenvalue weighted by Crippen LogP contribution is -2.18. The first kappa shape index (κ1) is 20.3. The first-order valence-electron chi connectivity index (χ1n) is 8.62. The highest BCUT2D eigenvalue weighted by atomic mass is 32.2. The van der Waals surface area contributed by atoms with Crippen LogP contribution in [-0.4, -0.2) is 27.9 Å². The van der Waals surface area contributed by atoms with E-state index in [1.165, 1.54) is 36.8 Å². The lowest BCUT2D eigenvalue weighted by atomic mass is 10.1. The van der Waals surface area contributed by atoms with Crippen LogP contribution >= 0.6 is 0 Å². The van der Waals surface area contributed by atoms with Crippen molar-refractivity contribution in [1.29, 1.82) is 5.26 Å². The molecule has 31 heavy (non-hydrogen) atoms. The first-order chi connectivity index (χ1) is 14.7. The van der Waals surface area contributed by atoms with Gasteiger partial charge in [-0.05, 0) is 24.3 Å². The maximum atomic E-state index is 13.6. The second-order valence-corrected chi connectivity index (χ2v) is 7.54. The highest BCUT2D eigenvalue weighted by Gasteiger charge is 2.14. The molecule has 0 fully saturated rings. The summed E-state index contributed by atoms with van der Waals surface area (Å²) in [6.45, 7) is 0.0902. The van der Waals surface area contributed by atoms with Crippen molar-refractivity contribution in [3.05, 3.63) is 71.9 Å². The maximum absolute atomic E-state index is 13.6. The average molecular weight is 442 g/mol. The van der Waals surface area contributed by atoms with E-state index in [-0.39, 0.29) is 23.4 Å². The zero-order valence-electron chi connectivity index (χ0n) is 15.5. The molecule has 4 rings (SSSR count). The van der Waals surface area contributed by atoms with Crippen LogP contribution in [0.5, 0.6) is 5.75 Å². The number of rotatable bonds is 5. The van der Waals surface area contributed by atoms with Gasteiger partial charge in [0.05, 0.1) is 35.2 Å². The van der Waals surface area contributed by atoms with E-state index in [0.717, 1.165) is 12.1 Å². The maximum Gasteiger partial charge on any atom is 0.380 e. The van der Waals surface area contributed by atoms with E-state index in [4.69, 9.17) is 5.14 Å². The molecule has 9 nitrogen and oxygen atoms in total. The zero-order chi connectivity index (χ0) is 22.2. The Balaban J connectivity index is 1.69. The van der Waals surface area contributed by atoms with Gasteiger partial charge in [0.15, 0.2) is 11.6 Å². The topological polar surface area (TPSA) is 137 Å². The van der Waals surface area contributed by atoms with Crippen molar-refractivity contribution in [2.45, 2.75) is 6.54 Å². The fraction of sp³-hybridized carbons (Fsp3) is 0.0526. The molecule has 0 aliphatic heterocycles. The van der Waals surface area contributed by atoms with Gasteiger partial charge in [-0.15, -0.1) is 0 Å². The molecule has 2 N–H and O–H groups in total. The molecule has 0 radical (unpaired) electrons. The van der Waals surface area contributed by atoms with Crippen molar-refractivity contribution < 1.29 is 21.4 Å². The molecule has 0 bridgehead atoms. The van der Waals surface area contributed by atoms with Gasteiger partial charge in [0.1, 0.15) is 17.6 Å². The third-order valence-corrected chi connectivity index (χ3v) is 4.70. The minimum Gasteiger partial charge on any atom is -0.371 e. The summed E-state index contributed by atoms with van der Waals surface area (Å²) in [6.07, 6.45) is 2.75. The Morgan fingerprint density at radius 2 is 1.84 bits per heavy atom. The number of aromatic nitrogens is 4. The molecule has 2 aromatic carbocycles. The van der Waals surface area contributed by atoms with E-state index < -0.39 is 21.9 Å². The van der Waals surface area contributed by atoms with Gasteiger partial charge in [0, 0.05) is 23.9 Å². The Bertz CT molecular complexity index is 1450. The summed E-state index contributed by atoms with van der Waals surface area (Å²) >= 11 is 0. The van der Waals surface area contributed by atoms with Gasteiger partial charge < -0.3 is 8.75 Å². The number of nitrogens with two attached hydrogens (primary N) is 1. The molecule has 0 atom stereocenters. The molecule has 0 aliphatic carbocycles. The third kappa shape index (κ3) is 4.32. The van der Waals surface area contributed by atoms with E-state index in [1.807, 2.05) is 6.07 Å². The van der Waals surface area contributed by atoms with Crippen LogP contribution in [0.4, 0.5) is 8.78 Å². The second-order valence-electron chi connectivity index (χ2n) is 6.39. The van der Waals surface area contributed by atoms with Crippen LogP contribution in [0, 0.1) is 23.0 Å². The fourth-order valence-electron chi connectivity index (χ4n) is 2.93. The van der Waals surface area contributed by atoms with Gasteiger partial charge in [0.2, 0.25) is 0 Å².